The van der Waals surface area contributed by atoms with Crippen molar-refractivity contribution in [3.8, 4) is 0 Å². The van der Waals surface area contributed by atoms with Crippen molar-refractivity contribution >= 4 is 30.1 Å². The lowest BCUT2D eigenvalue weighted by atomic mass is 9.79. The number of aromatic nitrogens is 3. The van der Waals surface area contributed by atoms with E-state index in [1.165, 1.54) is 6.07 Å². The number of aryl methyl sites for hydroxylation is 1. The molecular formula is C20H20BN5O4. The molecule has 2 heterocycles. The summed E-state index contributed by atoms with van der Waals surface area (Å²) in [5, 5.41) is 30.8. The molecule has 1 unspecified atom stereocenters. The highest BCUT2D eigenvalue weighted by Crippen LogP contribution is 2.21. The molecule has 4 rings (SSSR count). The molecule has 10 heteroatoms. The molecule has 0 aliphatic carbocycles. The Hall–Kier alpha value is -3.50. The van der Waals surface area contributed by atoms with Crippen LogP contribution in [0.25, 0.3) is 0 Å². The molecule has 9 nitrogen and oxygen atoms in total. The number of fused-ring (bicyclic) bond motifs is 1. The van der Waals surface area contributed by atoms with E-state index in [1.54, 1.807) is 12.1 Å². The van der Waals surface area contributed by atoms with Crippen molar-refractivity contribution < 1.29 is 19.6 Å². The number of nitrogens with zero attached hydrogens (tertiary/aromatic N) is 2. The van der Waals surface area contributed by atoms with Crippen LogP contribution in [0.5, 0.6) is 0 Å². The molecule has 30 heavy (non-hydrogen) atoms. The van der Waals surface area contributed by atoms with Crippen molar-refractivity contribution in [2.45, 2.75) is 25.3 Å². The van der Waals surface area contributed by atoms with E-state index in [9.17, 15) is 19.6 Å². The first kappa shape index (κ1) is 19.8. The predicted molar refractivity (Wildman–Crippen MR) is 110 cm³/mol. The highest BCUT2D eigenvalue weighted by Gasteiger charge is 2.27. The fraction of sp³-hybridized carbons (Fsp3) is 0.200. The van der Waals surface area contributed by atoms with Crippen LogP contribution < -0.4 is 16.1 Å². The van der Waals surface area contributed by atoms with Gasteiger partial charge in [0, 0.05) is 12.1 Å². The van der Waals surface area contributed by atoms with Crippen LogP contribution in [-0.4, -0.2) is 50.2 Å². The number of nitrogens with one attached hydrogen (secondary N) is 3. The van der Waals surface area contributed by atoms with Crippen LogP contribution in [0.4, 0.5) is 5.69 Å². The maximum absolute atomic E-state index is 12.6. The van der Waals surface area contributed by atoms with Crippen LogP contribution in [0.3, 0.4) is 0 Å². The first-order valence-electron chi connectivity index (χ1n) is 9.55. The van der Waals surface area contributed by atoms with Gasteiger partial charge in [0.1, 0.15) is 11.9 Å². The second-order valence-electron chi connectivity index (χ2n) is 7.11. The molecule has 1 aromatic heterocycles. The smallest absolute Gasteiger partial charge is 0.423 e. The number of benzene rings is 2. The highest BCUT2D eigenvalue weighted by molar-refractivity contribution is 6.58. The van der Waals surface area contributed by atoms with E-state index in [4.69, 9.17) is 0 Å². The molecule has 1 aliphatic heterocycles. The summed E-state index contributed by atoms with van der Waals surface area (Å²) in [6.07, 6.45) is 1.35. The van der Waals surface area contributed by atoms with Gasteiger partial charge >= 0.3 is 7.12 Å². The molecule has 2 amide bonds. The molecule has 0 saturated heterocycles. The van der Waals surface area contributed by atoms with Gasteiger partial charge in [0.05, 0.1) is 0 Å². The Bertz CT molecular complexity index is 1070. The van der Waals surface area contributed by atoms with Crippen LogP contribution >= 0.6 is 0 Å². The van der Waals surface area contributed by atoms with Gasteiger partial charge in [-0.05, 0) is 35.5 Å². The normalized spacial score (nSPS) is 15.7. The molecule has 0 fully saturated rings. The van der Waals surface area contributed by atoms with Gasteiger partial charge in [-0.3, -0.25) is 14.7 Å². The van der Waals surface area contributed by atoms with Gasteiger partial charge in [-0.25, -0.2) is 4.98 Å². The summed E-state index contributed by atoms with van der Waals surface area (Å²) >= 11 is 0. The third kappa shape index (κ3) is 4.39. The number of H-pyrrole nitrogens is 1. The Labute approximate surface area is 172 Å². The van der Waals surface area contributed by atoms with Gasteiger partial charge in [0.2, 0.25) is 11.7 Å². The minimum atomic E-state index is -1.58. The Kier molecular flexibility index (Phi) is 5.60. The Morgan fingerprint density at radius 3 is 2.77 bits per heavy atom. The van der Waals surface area contributed by atoms with Crippen LogP contribution in [0.2, 0.25) is 0 Å². The lowest BCUT2D eigenvalue weighted by molar-refractivity contribution is -0.118. The van der Waals surface area contributed by atoms with Crippen LogP contribution in [0, 0.1) is 0 Å². The molecule has 0 bridgehead atoms. The first-order valence-corrected chi connectivity index (χ1v) is 9.55. The first-order chi connectivity index (χ1) is 14.5. The third-order valence-corrected chi connectivity index (χ3v) is 4.96. The van der Waals surface area contributed by atoms with Crippen molar-refractivity contribution in [2.24, 2.45) is 0 Å². The molecule has 0 spiro atoms. The zero-order valence-corrected chi connectivity index (χ0v) is 16.0. The van der Waals surface area contributed by atoms with Gasteiger partial charge in [-0.2, -0.15) is 0 Å². The molecule has 152 valence electrons. The summed E-state index contributed by atoms with van der Waals surface area (Å²) in [7, 11) is -1.58. The summed E-state index contributed by atoms with van der Waals surface area (Å²) in [5.41, 5.74) is 2.74. The maximum Gasteiger partial charge on any atom is 0.488 e. The van der Waals surface area contributed by atoms with Crippen LogP contribution in [-0.2, 0) is 17.6 Å². The summed E-state index contributed by atoms with van der Waals surface area (Å²) in [6, 6.07) is 13.7. The minimum Gasteiger partial charge on any atom is -0.423 e. The van der Waals surface area contributed by atoms with E-state index < -0.39 is 19.1 Å². The number of anilines is 1. The summed E-state index contributed by atoms with van der Waals surface area (Å²) in [6.45, 7) is 0. The molecule has 1 aliphatic rings. The number of hydrogen-bond acceptors (Lipinski definition) is 6. The number of carbonyl (C=O) groups is 2. The molecule has 0 radical (unpaired) electrons. The Balaban J connectivity index is 1.42. The second-order valence-corrected chi connectivity index (χ2v) is 7.11. The van der Waals surface area contributed by atoms with Crippen molar-refractivity contribution in [1.82, 2.24) is 20.5 Å². The highest BCUT2D eigenvalue weighted by atomic mass is 16.4. The lowest BCUT2D eigenvalue weighted by Gasteiger charge is -2.13. The predicted octanol–water partition coefficient (Wildman–Crippen LogP) is -0.241. The Morgan fingerprint density at radius 2 is 2.00 bits per heavy atom. The molecule has 1 atom stereocenters. The molecule has 5 N–H and O–H groups in total. The molecule has 0 saturated carbocycles. The minimum absolute atomic E-state index is 0.0267. The number of aromatic amines is 1. The van der Waals surface area contributed by atoms with Gasteiger partial charge in [-0.15, -0.1) is 5.10 Å². The van der Waals surface area contributed by atoms with E-state index in [0.29, 0.717) is 36.2 Å². The van der Waals surface area contributed by atoms with E-state index in [2.05, 4.69) is 25.8 Å². The summed E-state index contributed by atoms with van der Waals surface area (Å²) < 4.78 is 0. The average Bonchev–Trinajstić information content (AvgIpc) is 3.14. The van der Waals surface area contributed by atoms with Crippen molar-refractivity contribution in [1.29, 1.82) is 0 Å². The quantitative estimate of drug-likeness (QED) is 0.371. The largest absolute Gasteiger partial charge is 0.488 e. The fourth-order valence-electron chi connectivity index (χ4n) is 3.38. The number of carbonyl (C=O) groups excluding carboxylic acids is 2. The zero-order chi connectivity index (χ0) is 21.1. The van der Waals surface area contributed by atoms with E-state index in [1.807, 2.05) is 30.3 Å². The monoisotopic (exact) mass is 405 g/mol. The van der Waals surface area contributed by atoms with Gasteiger partial charge < -0.3 is 20.7 Å². The van der Waals surface area contributed by atoms with Crippen LogP contribution in [0.1, 0.15) is 34.0 Å². The van der Waals surface area contributed by atoms with Crippen molar-refractivity contribution in [2.75, 3.05) is 5.32 Å². The fourth-order valence-corrected chi connectivity index (χ4v) is 3.38. The van der Waals surface area contributed by atoms with Gasteiger partial charge in [0.25, 0.3) is 5.91 Å². The van der Waals surface area contributed by atoms with E-state index in [-0.39, 0.29) is 11.7 Å². The topological polar surface area (TPSA) is 140 Å². The summed E-state index contributed by atoms with van der Waals surface area (Å²) in [4.78, 5) is 29.3. The SMILES string of the molecule is O=C(NC1CCc2cc(B(O)O)ccc2NC1=O)c1n[nH]c(Cc2ccccc2)n1. The average molecular weight is 405 g/mol. The number of rotatable bonds is 5. The van der Waals surface area contributed by atoms with Crippen molar-refractivity contribution in [3.63, 3.8) is 0 Å². The standard InChI is InChI=1S/C20H20BN5O4/c27-19-16(8-6-13-11-14(21(29)30)7-9-15(13)22-19)23-20(28)18-24-17(25-26-18)10-12-4-2-1-3-5-12/h1-5,7,9,11,16,29-30H,6,8,10H2,(H,22,27)(H,23,28)(H,24,25,26). The van der Waals surface area contributed by atoms with Crippen molar-refractivity contribution in [3.05, 3.63) is 71.3 Å². The molecule has 2 aromatic carbocycles. The zero-order valence-electron chi connectivity index (χ0n) is 16.0. The molecule has 3 aromatic rings. The van der Waals surface area contributed by atoms with E-state index in [0.717, 1.165) is 11.1 Å². The third-order valence-electron chi connectivity index (χ3n) is 4.96. The second kappa shape index (κ2) is 8.48. The summed E-state index contributed by atoms with van der Waals surface area (Å²) in [5.74, 6) is -0.358. The number of amides is 2. The maximum atomic E-state index is 12.6. The van der Waals surface area contributed by atoms with E-state index >= 15 is 0 Å². The lowest BCUT2D eigenvalue weighted by Crippen LogP contribution is -2.43. The Morgan fingerprint density at radius 1 is 1.20 bits per heavy atom. The van der Waals surface area contributed by atoms with Gasteiger partial charge in [-0.1, -0.05) is 42.5 Å². The number of hydrogen-bond donors (Lipinski definition) is 5. The van der Waals surface area contributed by atoms with Gasteiger partial charge in [0.15, 0.2) is 0 Å². The molecular weight excluding hydrogens is 385 g/mol. The van der Waals surface area contributed by atoms with Crippen LogP contribution in [0.15, 0.2) is 48.5 Å².